The first-order valence-electron chi connectivity index (χ1n) is 15.1. The highest BCUT2D eigenvalue weighted by atomic mass is 32.2. The number of sulfonamides is 2. The highest BCUT2D eigenvalue weighted by molar-refractivity contribution is 7.89. The van der Waals surface area contributed by atoms with Gasteiger partial charge in [-0.3, -0.25) is 0 Å². The van der Waals surface area contributed by atoms with Crippen LogP contribution in [-0.4, -0.2) is 30.0 Å². The van der Waals surface area contributed by atoms with E-state index in [9.17, 15) is 16.8 Å². The zero-order valence-electron chi connectivity index (χ0n) is 25.8. The third-order valence-corrected chi connectivity index (χ3v) is 10.0. The molecule has 0 aromatic heterocycles. The van der Waals surface area contributed by atoms with E-state index in [0.717, 1.165) is 54.7 Å². The maximum atomic E-state index is 12.5. The van der Waals surface area contributed by atoms with E-state index in [1.165, 1.54) is 48.5 Å². The molecule has 0 saturated carbocycles. The Morgan fingerprint density at radius 1 is 0.489 bits per heavy atom. The molecular formula is C35H36N4O6S2. The van der Waals surface area contributed by atoms with E-state index < -0.39 is 20.0 Å². The predicted molar refractivity (Wildman–Crippen MR) is 177 cm³/mol. The maximum absolute atomic E-state index is 12.5. The van der Waals surface area contributed by atoms with Gasteiger partial charge < -0.3 is 9.47 Å². The second-order valence-electron chi connectivity index (χ2n) is 10.7. The quantitative estimate of drug-likeness (QED) is 0.126. The van der Waals surface area contributed by atoms with Crippen LogP contribution in [0, 0.1) is 22.7 Å². The Kier molecular flexibility index (Phi) is 12.9. The van der Waals surface area contributed by atoms with Gasteiger partial charge in [-0.1, -0.05) is 43.5 Å². The monoisotopic (exact) mass is 672 g/mol. The Labute approximate surface area is 276 Å². The molecule has 0 heterocycles. The highest BCUT2D eigenvalue weighted by Crippen LogP contribution is 2.17. The van der Waals surface area contributed by atoms with Crippen LogP contribution in [0.5, 0.6) is 11.5 Å². The van der Waals surface area contributed by atoms with Crippen LogP contribution >= 0.6 is 0 Å². The molecular weight excluding hydrogens is 637 g/mol. The number of nitrogens with zero attached hydrogens (tertiary/aromatic N) is 2. The van der Waals surface area contributed by atoms with E-state index in [-0.39, 0.29) is 22.9 Å². The second kappa shape index (κ2) is 17.3. The number of nitrogens with one attached hydrogen (secondary N) is 2. The van der Waals surface area contributed by atoms with E-state index in [0.29, 0.717) is 24.3 Å². The van der Waals surface area contributed by atoms with Crippen molar-refractivity contribution >= 4 is 20.0 Å². The highest BCUT2D eigenvalue weighted by Gasteiger charge is 2.14. The number of hydrogen-bond acceptors (Lipinski definition) is 8. The first-order chi connectivity index (χ1) is 22.7. The number of rotatable bonds is 18. The van der Waals surface area contributed by atoms with Crippen molar-refractivity contribution in [3.63, 3.8) is 0 Å². The summed E-state index contributed by atoms with van der Waals surface area (Å²) in [6, 6.07) is 30.1. The Balaban J connectivity index is 1.04. The maximum Gasteiger partial charge on any atom is 0.240 e. The van der Waals surface area contributed by atoms with Crippen molar-refractivity contribution in [3.8, 4) is 23.6 Å². The van der Waals surface area contributed by atoms with Gasteiger partial charge in [-0.15, -0.1) is 0 Å². The van der Waals surface area contributed by atoms with E-state index in [4.69, 9.17) is 20.0 Å². The Hall–Kier alpha value is -4.72. The van der Waals surface area contributed by atoms with Crippen LogP contribution in [0.4, 0.5) is 0 Å². The van der Waals surface area contributed by atoms with E-state index in [1.54, 1.807) is 0 Å². The molecule has 10 nitrogen and oxygen atoms in total. The third kappa shape index (κ3) is 11.2. The van der Waals surface area contributed by atoms with Crippen LogP contribution in [0.25, 0.3) is 0 Å². The van der Waals surface area contributed by atoms with Gasteiger partial charge in [0, 0.05) is 13.1 Å². The summed E-state index contributed by atoms with van der Waals surface area (Å²) in [7, 11) is -7.35. The number of benzene rings is 4. The van der Waals surface area contributed by atoms with Crippen molar-refractivity contribution < 1.29 is 26.3 Å². The fourth-order valence-electron chi connectivity index (χ4n) is 4.46. The van der Waals surface area contributed by atoms with Crippen molar-refractivity contribution in [3.05, 3.63) is 119 Å². The second-order valence-corrected chi connectivity index (χ2v) is 14.2. The molecule has 47 heavy (non-hydrogen) atoms. The van der Waals surface area contributed by atoms with Crippen LogP contribution < -0.4 is 18.9 Å². The number of unbranched alkanes of at least 4 members (excludes halogenated alkanes) is 4. The van der Waals surface area contributed by atoms with Crippen LogP contribution in [0.3, 0.4) is 0 Å². The first kappa shape index (κ1) is 35.1. The molecule has 0 bridgehead atoms. The van der Waals surface area contributed by atoms with Gasteiger partial charge in [0.2, 0.25) is 20.0 Å². The molecule has 0 radical (unpaired) electrons. The van der Waals surface area contributed by atoms with Gasteiger partial charge in [-0.05, 0) is 96.8 Å². The number of nitriles is 2. The lowest BCUT2D eigenvalue weighted by atomic mass is 10.1. The molecule has 0 aliphatic rings. The summed E-state index contributed by atoms with van der Waals surface area (Å²) in [4.78, 5) is 0.221. The summed E-state index contributed by atoms with van der Waals surface area (Å²) in [5.41, 5.74) is 2.40. The van der Waals surface area contributed by atoms with Crippen molar-refractivity contribution in [2.24, 2.45) is 0 Å². The fraction of sp³-hybridized carbons (Fsp3) is 0.257. The molecule has 0 atom stereocenters. The molecule has 0 saturated heterocycles. The average molecular weight is 673 g/mol. The lowest BCUT2D eigenvalue weighted by molar-refractivity contribution is 0.293. The Bertz CT molecular complexity index is 1740. The van der Waals surface area contributed by atoms with Crippen LogP contribution in [0.2, 0.25) is 0 Å². The van der Waals surface area contributed by atoms with E-state index in [1.807, 2.05) is 60.7 Å². The van der Waals surface area contributed by atoms with Crippen LogP contribution in [0.15, 0.2) is 107 Å². The predicted octanol–water partition coefficient (Wildman–Crippen LogP) is 5.80. The molecule has 4 aromatic carbocycles. The minimum absolute atomic E-state index is 0.110. The molecule has 4 aromatic rings. The standard InChI is InChI=1S/C35H36N4O6S2/c36-24-28-10-18-34(19-11-28)46(40,41)38-26-30-6-14-32(15-7-30)44-22-4-2-1-3-5-23-45-33-16-8-31(9-17-33)27-39-47(42,43)35-20-12-29(25-37)13-21-35/h6-21,38-39H,1-5,22-23,26-27H2. The van der Waals surface area contributed by atoms with Gasteiger partial charge in [0.1, 0.15) is 11.5 Å². The largest absolute Gasteiger partial charge is 0.494 e. The zero-order chi connectivity index (χ0) is 33.5. The SMILES string of the molecule is N#Cc1ccc(S(=O)(=O)NCc2ccc(OCCCCCCCOc3ccc(CNS(=O)(=O)c4ccc(C#N)cc4)cc3)cc2)cc1. The fourth-order valence-corrected chi connectivity index (χ4v) is 6.50. The van der Waals surface area contributed by atoms with E-state index >= 15 is 0 Å². The molecule has 0 fully saturated rings. The number of hydrogen-bond donors (Lipinski definition) is 2. The molecule has 244 valence electrons. The van der Waals surface area contributed by atoms with Crippen molar-refractivity contribution in [2.75, 3.05) is 13.2 Å². The van der Waals surface area contributed by atoms with Gasteiger partial charge in [0.05, 0.1) is 46.3 Å². The molecule has 0 aliphatic carbocycles. The van der Waals surface area contributed by atoms with Crippen LogP contribution in [0.1, 0.15) is 54.4 Å². The minimum atomic E-state index is -3.68. The summed E-state index contributed by atoms with van der Waals surface area (Å²) in [6.07, 6.45) is 4.96. The third-order valence-electron chi connectivity index (χ3n) is 7.19. The van der Waals surface area contributed by atoms with Gasteiger partial charge >= 0.3 is 0 Å². The molecule has 2 N–H and O–H groups in total. The summed E-state index contributed by atoms with van der Waals surface area (Å²) < 4.78 is 66.7. The summed E-state index contributed by atoms with van der Waals surface area (Å²) in [6.45, 7) is 1.47. The van der Waals surface area contributed by atoms with Gasteiger partial charge in [0.25, 0.3) is 0 Å². The Morgan fingerprint density at radius 3 is 1.17 bits per heavy atom. The minimum Gasteiger partial charge on any atom is -0.494 e. The van der Waals surface area contributed by atoms with Gasteiger partial charge in [-0.25, -0.2) is 26.3 Å². The van der Waals surface area contributed by atoms with Crippen molar-refractivity contribution in [2.45, 2.75) is 55.0 Å². The molecule has 4 rings (SSSR count). The molecule has 0 aliphatic heterocycles. The molecule has 0 amide bonds. The topological polar surface area (TPSA) is 158 Å². The zero-order valence-corrected chi connectivity index (χ0v) is 27.4. The lowest BCUT2D eigenvalue weighted by Crippen LogP contribution is -2.23. The lowest BCUT2D eigenvalue weighted by Gasteiger charge is -2.10. The molecule has 12 heteroatoms. The number of ether oxygens (including phenoxy) is 2. The molecule has 0 unspecified atom stereocenters. The first-order valence-corrected chi connectivity index (χ1v) is 18.1. The van der Waals surface area contributed by atoms with Gasteiger partial charge in [0.15, 0.2) is 0 Å². The summed E-state index contributed by atoms with van der Waals surface area (Å²) in [5, 5.41) is 17.7. The average Bonchev–Trinajstić information content (AvgIpc) is 3.10. The molecule has 0 spiro atoms. The summed E-state index contributed by atoms with van der Waals surface area (Å²) in [5.74, 6) is 1.46. The normalized spacial score (nSPS) is 11.4. The van der Waals surface area contributed by atoms with E-state index in [2.05, 4.69) is 9.44 Å². The Morgan fingerprint density at radius 2 is 0.830 bits per heavy atom. The summed E-state index contributed by atoms with van der Waals surface area (Å²) >= 11 is 0. The smallest absolute Gasteiger partial charge is 0.240 e. The van der Waals surface area contributed by atoms with Crippen molar-refractivity contribution in [1.82, 2.24) is 9.44 Å². The van der Waals surface area contributed by atoms with Crippen molar-refractivity contribution in [1.29, 1.82) is 10.5 Å². The van der Waals surface area contributed by atoms with Gasteiger partial charge in [-0.2, -0.15) is 10.5 Å². The van der Waals surface area contributed by atoms with Crippen LogP contribution in [-0.2, 0) is 33.1 Å².